The van der Waals surface area contributed by atoms with Gasteiger partial charge in [-0.25, -0.2) is 0 Å². The van der Waals surface area contributed by atoms with Crippen molar-refractivity contribution in [2.75, 3.05) is 0 Å². The summed E-state index contributed by atoms with van der Waals surface area (Å²) in [5.41, 5.74) is 1.34. The normalized spacial score (nSPS) is 22.8. The Morgan fingerprint density at radius 2 is 1.61 bits per heavy atom. The van der Waals surface area contributed by atoms with E-state index in [1.54, 1.807) is 0 Å². The molecule has 0 bridgehead atoms. The lowest BCUT2D eigenvalue weighted by Gasteiger charge is -2.19. The molecular weight excluding hydrogens is 280 g/mol. The molecule has 4 unspecified atom stereocenters. The Morgan fingerprint density at radius 1 is 0.913 bits per heavy atom. The Balaban J connectivity index is 1.96. The number of unbranched alkanes of at least 4 members (excludes halogenated alkanes) is 6. The molecule has 136 valence electrons. The number of ether oxygens (including phenoxy) is 1. The number of epoxide rings is 1. The van der Waals surface area contributed by atoms with Gasteiger partial charge < -0.3 is 4.74 Å². The zero-order valence-corrected chi connectivity index (χ0v) is 16.4. The van der Waals surface area contributed by atoms with Gasteiger partial charge in [0, 0.05) is 0 Å². The van der Waals surface area contributed by atoms with Gasteiger partial charge in [-0.1, -0.05) is 77.7 Å². The van der Waals surface area contributed by atoms with E-state index in [4.69, 9.17) is 4.74 Å². The average molecular weight is 323 g/mol. The molecule has 0 saturated carbocycles. The van der Waals surface area contributed by atoms with Crippen LogP contribution in [0.1, 0.15) is 105 Å². The van der Waals surface area contributed by atoms with Gasteiger partial charge in [0.05, 0.1) is 12.2 Å². The van der Waals surface area contributed by atoms with Gasteiger partial charge in [-0.3, -0.25) is 0 Å². The Hall–Kier alpha value is -0.300. The summed E-state index contributed by atoms with van der Waals surface area (Å²) in [4.78, 5) is 0. The van der Waals surface area contributed by atoms with E-state index in [2.05, 4.69) is 34.3 Å². The van der Waals surface area contributed by atoms with Gasteiger partial charge in [-0.05, 0) is 44.4 Å². The van der Waals surface area contributed by atoms with Crippen LogP contribution in [0, 0.1) is 11.8 Å². The van der Waals surface area contributed by atoms with E-state index in [0.29, 0.717) is 12.2 Å². The van der Waals surface area contributed by atoms with Crippen molar-refractivity contribution in [1.29, 1.82) is 0 Å². The van der Waals surface area contributed by atoms with Crippen molar-refractivity contribution in [2.24, 2.45) is 11.8 Å². The molecular formula is C22H42O. The second-order valence-electron chi connectivity index (χ2n) is 8.16. The highest BCUT2D eigenvalue weighted by Gasteiger charge is 2.39. The fourth-order valence-corrected chi connectivity index (χ4v) is 3.54. The molecule has 1 heteroatoms. The summed E-state index contributed by atoms with van der Waals surface area (Å²) in [6, 6.07) is 0. The fraction of sp³-hybridized carbons (Fsp3) is 0.909. The number of hydrogen-bond acceptors (Lipinski definition) is 1. The van der Waals surface area contributed by atoms with Crippen molar-refractivity contribution >= 4 is 0 Å². The molecule has 0 aromatic rings. The smallest absolute Gasteiger partial charge is 0.0844 e. The summed E-state index contributed by atoms with van der Waals surface area (Å²) in [7, 11) is 0. The van der Waals surface area contributed by atoms with Crippen LogP contribution in [0.4, 0.5) is 0 Å². The van der Waals surface area contributed by atoms with Crippen molar-refractivity contribution in [3.8, 4) is 0 Å². The number of hydrogen-bond donors (Lipinski definition) is 0. The van der Waals surface area contributed by atoms with Gasteiger partial charge in [0.15, 0.2) is 0 Å². The molecule has 0 spiro atoms. The standard InChI is InChI=1S/C22H42O/c1-6-7-11-16-21-22(23-21)17-20(5)19(4)15-13-10-8-9-12-14-18(2)3/h19-22H,2,6-17H2,1,3-5H3. The van der Waals surface area contributed by atoms with Gasteiger partial charge in [0.1, 0.15) is 0 Å². The minimum absolute atomic E-state index is 0.589. The SMILES string of the molecule is C=C(C)CCCCCCCC(C)C(C)CC1OC1CCCCC. The highest BCUT2D eigenvalue weighted by Crippen LogP contribution is 2.35. The number of rotatable bonds is 15. The van der Waals surface area contributed by atoms with Crippen molar-refractivity contribution in [3.63, 3.8) is 0 Å². The maximum atomic E-state index is 5.87. The Labute approximate surface area is 146 Å². The Bertz CT molecular complexity index is 309. The van der Waals surface area contributed by atoms with Crippen molar-refractivity contribution in [2.45, 2.75) is 117 Å². The van der Waals surface area contributed by atoms with Crippen LogP contribution in [0.5, 0.6) is 0 Å². The van der Waals surface area contributed by atoms with Crippen LogP contribution in [0.2, 0.25) is 0 Å². The molecule has 0 radical (unpaired) electrons. The van der Waals surface area contributed by atoms with Crippen molar-refractivity contribution in [3.05, 3.63) is 12.2 Å². The monoisotopic (exact) mass is 322 g/mol. The Kier molecular flexibility index (Phi) is 10.9. The molecule has 1 heterocycles. The molecule has 1 aliphatic heterocycles. The number of allylic oxidation sites excluding steroid dienone is 1. The summed E-state index contributed by atoms with van der Waals surface area (Å²) in [5, 5.41) is 0. The summed E-state index contributed by atoms with van der Waals surface area (Å²) in [5.74, 6) is 1.67. The molecule has 23 heavy (non-hydrogen) atoms. The van der Waals surface area contributed by atoms with Crippen LogP contribution >= 0.6 is 0 Å². The van der Waals surface area contributed by atoms with Crippen molar-refractivity contribution < 1.29 is 4.74 Å². The highest BCUT2D eigenvalue weighted by atomic mass is 16.6. The lowest BCUT2D eigenvalue weighted by Crippen LogP contribution is -2.11. The van der Waals surface area contributed by atoms with Crippen LogP contribution in [0.15, 0.2) is 12.2 Å². The lowest BCUT2D eigenvalue weighted by atomic mass is 9.86. The molecule has 4 atom stereocenters. The first kappa shape index (κ1) is 20.7. The van der Waals surface area contributed by atoms with Gasteiger partial charge in [-0.15, -0.1) is 6.58 Å². The molecule has 1 fully saturated rings. The topological polar surface area (TPSA) is 12.5 Å². The third-order valence-electron chi connectivity index (χ3n) is 5.62. The van der Waals surface area contributed by atoms with E-state index >= 15 is 0 Å². The lowest BCUT2D eigenvalue weighted by molar-refractivity contribution is 0.284. The van der Waals surface area contributed by atoms with Crippen LogP contribution in [0.25, 0.3) is 0 Å². The minimum Gasteiger partial charge on any atom is -0.370 e. The van der Waals surface area contributed by atoms with Crippen LogP contribution in [-0.2, 0) is 4.74 Å². The van der Waals surface area contributed by atoms with E-state index < -0.39 is 0 Å². The first-order chi connectivity index (χ1) is 11.0. The van der Waals surface area contributed by atoms with Gasteiger partial charge in [-0.2, -0.15) is 0 Å². The molecule has 0 amide bonds. The van der Waals surface area contributed by atoms with E-state index in [9.17, 15) is 0 Å². The van der Waals surface area contributed by atoms with Gasteiger partial charge in [0.2, 0.25) is 0 Å². The summed E-state index contributed by atoms with van der Waals surface area (Å²) in [6.07, 6.45) is 17.4. The van der Waals surface area contributed by atoms with E-state index in [1.807, 2.05) is 0 Å². The van der Waals surface area contributed by atoms with Crippen LogP contribution in [-0.4, -0.2) is 12.2 Å². The molecule has 0 aliphatic carbocycles. The molecule has 0 N–H and O–H groups in total. The highest BCUT2D eigenvalue weighted by molar-refractivity contribution is 4.87. The quantitative estimate of drug-likeness (QED) is 0.175. The van der Waals surface area contributed by atoms with Crippen LogP contribution < -0.4 is 0 Å². The van der Waals surface area contributed by atoms with E-state index in [1.165, 1.54) is 82.6 Å². The third-order valence-corrected chi connectivity index (χ3v) is 5.62. The van der Waals surface area contributed by atoms with Gasteiger partial charge >= 0.3 is 0 Å². The minimum atomic E-state index is 0.589. The summed E-state index contributed by atoms with van der Waals surface area (Å²) < 4.78 is 5.87. The molecule has 0 aromatic carbocycles. The van der Waals surface area contributed by atoms with E-state index in [0.717, 1.165) is 11.8 Å². The third kappa shape index (κ3) is 10.2. The van der Waals surface area contributed by atoms with Crippen LogP contribution in [0.3, 0.4) is 0 Å². The predicted molar refractivity (Wildman–Crippen MR) is 103 cm³/mol. The molecule has 0 aromatic heterocycles. The Morgan fingerprint density at radius 3 is 2.30 bits per heavy atom. The first-order valence-corrected chi connectivity index (χ1v) is 10.3. The maximum Gasteiger partial charge on any atom is 0.0844 e. The predicted octanol–water partition coefficient (Wildman–Crippen LogP) is 7.30. The molecule has 1 aliphatic rings. The molecule has 1 saturated heterocycles. The summed E-state index contributed by atoms with van der Waals surface area (Å²) in [6.45, 7) is 13.3. The molecule has 1 rings (SSSR count). The molecule has 1 nitrogen and oxygen atoms in total. The zero-order chi connectivity index (χ0) is 17.1. The average Bonchev–Trinajstić information content (AvgIpc) is 3.24. The maximum absolute atomic E-state index is 5.87. The zero-order valence-electron chi connectivity index (χ0n) is 16.4. The van der Waals surface area contributed by atoms with Gasteiger partial charge in [0.25, 0.3) is 0 Å². The largest absolute Gasteiger partial charge is 0.370 e. The summed E-state index contributed by atoms with van der Waals surface area (Å²) >= 11 is 0. The van der Waals surface area contributed by atoms with E-state index in [-0.39, 0.29) is 0 Å². The first-order valence-electron chi connectivity index (χ1n) is 10.3. The van der Waals surface area contributed by atoms with Crippen molar-refractivity contribution in [1.82, 2.24) is 0 Å². The fourth-order valence-electron chi connectivity index (χ4n) is 3.54. The second kappa shape index (κ2) is 12.1. The second-order valence-corrected chi connectivity index (χ2v) is 8.16.